The van der Waals surface area contributed by atoms with E-state index in [9.17, 15) is 9.59 Å². The first-order valence-corrected chi connectivity index (χ1v) is 16.1. The summed E-state index contributed by atoms with van der Waals surface area (Å²) in [6, 6.07) is 0. The van der Waals surface area contributed by atoms with E-state index in [2.05, 4.69) is 62.5 Å². The third-order valence-corrected chi connectivity index (χ3v) is 6.53. The second kappa shape index (κ2) is 32.1. The molecule has 0 rings (SSSR count). The molecule has 0 unspecified atom stereocenters. The summed E-state index contributed by atoms with van der Waals surface area (Å²) in [6.45, 7) is 4.75. The minimum absolute atomic E-state index is 0.146. The first kappa shape index (κ1) is 36.9. The highest BCUT2D eigenvalue weighted by Gasteiger charge is 2.05. The van der Waals surface area contributed by atoms with E-state index in [4.69, 9.17) is 9.47 Å². The van der Waals surface area contributed by atoms with Crippen molar-refractivity contribution in [2.45, 2.75) is 149 Å². The summed E-state index contributed by atoms with van der Waals surface area (Å²) in [5, 5.41) is 0. The number of hydrogen-bond donors (Lipinski definition) is 0. The van der Waals surface area contributed by atoms with Crippen LogP contribution < -0.4 is 0 Å². The number of rotatable bonds is 28. The van der Waals surface area contributed by atoms with Crippen molar-refractivity contribution >= 4 is 11.9 Å². The molecule has 0 atom stereocenters. The normalized spacial score (nSPS) is 11.9. The molecule has 0 N–H and O–H groups in total. The molecule has 0 spiro atoms. The van der Waals surface area contributed by atoms with Gasteiger partial charge in [0.2, 0.25) is 0 Å². The third-order valence-electron chi connectivity index (χ3n) is 6.53. The van der Waals surface area contributed by atoms with E-state index < -0.39 is 0 Å². The van der Waals surface area contributed by atoms with Gasteiger partial charge in [-0.2, -0.15) is 0 Å². The lowest BCUT2D eigenvalue weighted by Crippen LogP contribution is -2.13. The molecule has 0 aliphatic heterocycles. The minimum Gasteiger partial charge on any atom is -0.462 e. The van der Waals surface area contributed by atoms with Crippen LogP contribution in [0.1, 0.15) is 149 Å². The van der Waals surface area contributed by atoms with E-state index in [0.717, 1.165) is 51.4 Å². The molecule has 4 nitrogen and oxygen atoms in total. The molecular weight excluding hydrogens is 484 g/mol. The molecule has 0 aromatic carbocycles. The Morgan fingerprint density at radius 2 is 0.821 bits per heavy atom. The number of allylic oxidation sites excluding steroid dienone is 8. The van der Waals surface area contributed by atoms with E-state index >= 15 is 0 Å². The molecule has 0 saturated heterocycles. The Morgan fingerprint density at radius 1 is 0.436 bits per heavy atom. The molecule has 0 saturated carbocycles. The Kier molecular flexibility index (Phi) is 30.4. The lowest BCUT2D eigenvalue weighted by Gasteiger charge is -2.06. The van der Waals surface area contributed by atoms with E-state index in [-0.39, 0.29) is 25.2 Å². The summed E-state index contributed by atoms with van der Waals surface area (Å²) in [5.41, 5.74) is 0. The molecule has 39 heavy (non-hydrogen) atoms. The average Bonchev–Trinajstić information content (AvgIpc) is 2.93. The molecule has 0 aliphatic carbocycles. The Labute approximate surface area is 241 Å². The van der Waals surface area contributed by atoms with Crippen LogP contribution in [0.4, 0.5) is 0 Å². The summed E-state index contributed by atoms with van der Waals surface area (Å²) in [5.74, 6) is -0.412. The van der Waals surface area contributed by atoms with Crippen LogP contribution in [0.2, 0.25) is 0 Å². The summed E-state index contributed by atoms with van der Waals surface area (Å²) in [7, 11) is 0. The molecule has 0 bridgehead atoms. The number of esters is 2. The second-order valence-electron chi connectivity index (χ2n) is 10.4. The molecule has 0 aliphatic rings. The molecule has 0 aromatic rings. The summed E-state index contributed by atoms with van der Waals surface area (Å²) >= 11 is 0. The van der Waals surface area contributed by atoms with Gasteiger partial charge in [-0.15, -0.1) is 0 Å². The highest BCUT2D eigenvalue weighted by atomic mass is 16.6. The zero-order valence-corrected chi connectivity index (χ0v) is 25.5. The van der Waals surface area contributed by atoms with Crippen molar-refractivity contribution in [2.24, 2.45) is 0 Å². The largest absolute Gasteiger partial charge is 0.462 e. The molecule has 224 valence electrons. The van der Waals surface area contributed by atoms with Gasteiger partial charge < -0.3 is 9.47 Å². The maximum Gasteiger partial charge on any atom is 0.305 e. The van der Waals surface area contributed by atoms with Crippen LogP contribution in [0.5, 0.6) is 0 Å². The Balaban J connectivity index is 3.44. The number of ether oxygens (including phenoxy) is 2. The van der Waals surface area contributed by atoms with Crippen molar-refractivity contribution in [3.8, 4) is 0 Å². The number of hydrogen-bond acceptors (Lipinski definition) is 4. The molecule has 0 fully saturated rings. The number of carbonyl (C=O) groups excluding carboxylic acids is 2. The van der Waals surface area contributed by atoms with Crippen molar-refractivity contribution in [1.29, 1.82) is 0 Å². The maximum absolute atomic E-state index is 11.8. The predicted octanol–water partition coefficient (Wildman–Crippen LogP) is 10.5. The quantitative estimate of drug-likeness (QED) is 0.0558. The van der Waals surface area contributed by atoms with Gasteiger partial charge in [-0.1, -0.05) is 140 Å². The Bertz CT molecular complexity index is 660. The molecular formula is C35H60O4. The SMILES string of the molecule is CCC/C=C/C/C=C/C/C=C/C/C=C/CCCC(=O)OCCOC(=O)CCCCCCCCCCCCCC. The topological polar surface area (TPSA) is 52.6 Å². The first-order valence-electron chi connectivity index (χ1n) is 16.1. The fourth-order valence-corrected chi connectivity index (χ4v) is 4.15. The van der Waals surface area contributed by atoms with Crippen molar-refractivity contribution in [3.05, 3.63) is 48.6 Å². The van der Waals surface area contributed by atoms with E-state index in [0.29, 0.717) is 12.8 Å². The zero-order valence-electron chi connectivity index (χ0n) is 25.5. The van der Waals surface area contributed by atoms with E-state index in [1.807, 2.05) is 0 Å². The van der Waals surface area contributed by atoms with Crippen molar-refractivity contribution in [2.75, 3.05) is 13.2 Å². The van der Waals surface area contributed by atoms with Gasteiger partial charge in [-0.25, -0.2) is 0 Å². The summed E-state index contributed by atoms with van der Waals surface area (Å²) in [4.78, 5) is 23.6. The smallest absolute Gasteiger partial charge is 0.305 e. The summed E-state index contributed by atoms with van der Waals surface area (Å²) in [6.07, 6.45) is 40.5. The Hall–Kier alpha value is -2.10. The monoisotopic (exact) mass is 544 g/mol. The van der Waals surface area contributed by atoms with Crippen LogP contribution in [0.15, 0.2) is 48.6 Å². The van der Waals surface area contributed by atoms with Crippen molar-refractivity contribution in [1.82, 2.24) is 0 Å². The predicted molar refractivity (Wildman–Crippen MR) is 167 cm³/mol. The Morgan fingerprint density at radius 3 is 1.28 bits per heavy atom. The van der Waals surface area contributed by atoms with Crippen LogP contribution >= 0.6 is 0 Å². The van der Waals surface area contributed by atoms with E-state index in [1.54, 1.807) is 0 Å². The van der Waals surface area contributed by atoms with Crippen molar-refractivity contribution < 1.29 is 19.1 Å². The van der Waals surface area contributed by atoms with Gasteiger partial charge in [0.25, 0.3) is 0 Å². The van der Waals surface area contributed by atoms with Crippen LogP contribution in [0, 0.1) is 0 Å². The fourth-order valence-electron chi connectivity index (χ4n) is 4.15. The highest BCUT2D eigenvalue weighted by Crippen LogP contribution is 2.12. The van der Waals surface area contributed by atoms with Crippen molar-refractivity contribution in [3.63, 3.8) is 0 Å². The van der Waals surface area contributed by atoms with E-state index in [1.165, 1.54) is 70.6 Å². The zero-order chi connectivity index (χ0) is 28.5. The average molecular weight is 545 g/mol. The van der Waals surface area contributed by atoms with Gasteiger partial charge in [0.15, 0.2) is 0 Å². The molecule has 4 heteroatoms. The van der Waals surface area contributed by atoms with Gasteiger partial charge in [-0.05, 0) is 44.9 Å². The first-order chi connectivity index (χ1) is 19.2. The standard InChI is InChI=1S/C35H60O4/c1-3-5-7-9-11-13-15-17-18-19-21-23-25-27-29-31-35(37)39-33-32-38-34(36)30-28-26-24-22-20-16-14-12-10-8-6-4-2/h7,9,13,15,18-19,23,25H,3-6,8,10-12,14,16-17,20-22,24,26-33H2,1-2H3/b9-7+,15-13+,19-18+,25-23+. The lowest BCUT2D eigenvalue weighted by molar-refractivity contribution is -0.152. The number of unbranched alkanes of at least 4 members (excludes halogenated alkanes) is 13. The third kappa shape index (κ3) is 32.0. The molecule has 0 amide bonds. The number of carbonyl (C=O) groups is 2. The molecule has 0 radical (unpaired) electrons. The lowest BCUT2D eigenvalue weighted by atomic mass is 10.0. The van der Waals surface area contributed by atoms with Gasteiger partial charge in [-0.3, -0.25) is 9.59 Å². The highest BCUT2D eigenvalue weighted by molar-refractivity contribution is 5.70. The molecule has 0 aromatic heterocycles. The van der Waals surface area contributed by atoms with Crippen LogP contribution in [0.3, 0.4) is 0 Å². The summed E-state index contributed by atoms with van der Waals surface area (Å²) < 4.78 is 10.3. The maximum atomic E-state index is 11.8. The van der Waals surface area contributed by atoms with Gasteiger partial charge >= 0.3 is 11.9 Å². The van der Waals surface area contributed by atoms with Gasteiger partial charge in [0, 0.05) is 12.8 Å². The fraction of sp³-hybridized carbons (Fsp3) is 0.714. The van der Waals surface area contributed by atoms with Crippen LogP contribution in [-0.4, -0.2) is 25.2 Å². The van der Waals surface area contributed by atoms with Gasteiger partial charge in [0.1, 0.15) is 13.2 Å². The van der Waals surface area contributed by atoms with Crippen LogP contribution in [0.25, 0.3) is 0 Å². The van der Waals surface area contributed by atoms with Crippen LogP contribution in [-0.2, 0) is 19.1 Å². The minimum atomic E-state index is -0.225. The molecule has 0 heterocycles. The van der Waals surface area contributed by atoms with Gasteiger partial charge in [0.05, 0.1) is 0 Å². The second-order valence-corrected chi connectivity index (χ2v) is 10.4.